The molecular formula is C27H29Cl2N3O. The summed E-state index contributed by atoms with van der Waals surface area (Å²) >= 11 is 12.9. The Morgan fingerprint density at radius 3 is 2.24 bits per heavy atom. The quantitative estimate of drug-likeness (QED) is 0.425. The van der Waals surface area contributed by atoms with Crippen molar-refractivity contribution in [3.63, 3.8) is 0 Å². The summed E-state index contributed by atoms with van der Waals surface area (Å²) in [5.74, 6) is 0.300. The highest BCUT2D eigenvalue weighted by atomic mass is 35.5. The van der Waals surface area contributed by atoms with E-state index in [4.69, 9.17) is 23.2 Å². The summed E-state index contributed by atoms with van der Waals surface area (Å²) in [5, 5.41) is 4.41. The lowest BCUT2D eigenvalue weighted by Crippen LogP contribution is -2.46. The monoisotopic (exact) mass is 481 g/mol. The van der Waals surface area contributed by atoms with Crippen LogP contribution in [-0.2, 0) is 6.54 Å². The molecule has 0 saturated carbocycles. The van der Waals surface area contributed by atoms with Gasteiger partial charge in [0.2, 0.25) is 0 Å². The lowest BCUT2D eigenvalue weighted by Gasteiger charge is -2.36. The van der Waals surface area contributed by atoms with Crippen LogP contribution in [0.5, 0.6) is 0 Å². The minimum Gasteiger partial charge on any atom is -0.368 e. The van der Waals surface area contributed by atoms with E-state index in [2.05, 4.69) is 35.0 Å². The molecule has 0 unspecified atom stereocenters. The first-order valence-electron chi connectivity index (χ1n) is 11.3. The van der Waals surface area contributed by atoms with Crippen molar-refractivity contribution in [2.24, 2.45) is 0 Å². The molecule has 0 atom stereocenters. The van der Waals surface area contributed by atoms with Crippen molar-refractivity contribution in [3.8, 4) is 0 Å². The maximum absolute atomic E-state index is 12.6. The third kappa shape index (κ3) is 5.89. The number of carbonyl (C=O) groups excluding carboxylic acids is 1. The molecule has 1 saturated heterocycles. The van der Waals surface area contributed by atoms with Gasteiger partial charge in [0.05, 0.1) is 10.7 Å². The lowest BCUT2D eigenvalue weighted by molar-refractivity contribution is 0.102. The van der Waals surface area contributed by atoms with Gasteiger partial charge in [-0.05, 0) is 53.4 Å². The Bertz CT molecular complexity index is 1110. The van der Waals surface area contributed by atoms with Gasteiger partial charge in [0.15, 0.2) is 0 Å². The van der Waals surface area contributed by atoms with Crippen LogP contribution in [0.2, 0.25) is 10.0 Å². The van der Waals surface area contributed by atoms with Crippen LogP contribution in [0.4, 0.5) is 11.4 Å². The first-order valence-corrected chi connectivity index (χ1v) is 12.1. The van der Waals surface area contributed by atoms with Gasteiger partial charge in [0, 0.05) is 49.0 Å². The van der Waals surface area contributed by atoms with E-state index >= 15 is 0 Å². The zero-order valence-electron chi connectivity index (χ0n) is 19.0. The summed E-state index contributed by atoms with van der Waals surface area (Å²) in [5.41, 5.74) is 4.69. The number of hydrogen-bond donors (Lipinski definition) is 1. The Labute approximate surface area is 206 Å². The number of nitrogens with zero attached hydrogens (tertiary/aromatic N) is 2. The number of nitrogens with one attached hydrogen (secondary N) is 1. The molecule has 33 heavy (non-hydrogen) atoms. The van der Waals surface area contributed by atoms with Crippen molar-refractivity contribution in [1.29, 1.82) is 0 Å². The number of amides is 1. The van der Waals surface area contributed by atoms with E-state index in [1.165, 1.54) is 5.56 Å². The second kappa shape index (κ2) is 10.6. The average molecular weight is 482 g/mol. The van der Waals surface area contributed by atoms with Crippen LogP contribution < -0.4 is 10.2 Å². The largest absolute Gasteiger partial charge is 0.368 e. The SMILES string of the molecule is CC(C)c1ccc(C(=O)Nc2ccc(N3CCN(Cc4ccccc4Cl)CC3)c(Cl)c2)cc1. The molecule has 172 valence electrons. The van der Waals surface area contributed by atoms with Gasteiger partial charge in [0.25, 0.3) is 5.91 Å². The standard InChI is InChI=1S/C27H29Cl2N3O/c1-19(2)20-7-9-21(10-8-20)27(33)30-23-11-12-26(25(29)17-23)32-15-13-31(14-16-32)18-22-5-3-4-6-24(22)28/h3-12,17,19H,13-16,18H2,1-2H3,(H,30,33). The van der Waals surface area contributed by atoms with E-state index < -0.39 is 0 Å². The Morgan fingerprint density at radius 1 is 0.909 bits per heavy atom. The van der Waals surface area contributed by atoms with E-state index in [9.17, 15) is 4.79 Å². The Kier molecular flexibility index (Phi) is 7.59. The fourth-order valence-electron chi connectivity index (χ4n) is 4.08. The minimum atomic E-state index is -0.137. The van der Waals surface area contributed by atoms with Crippen LogP contribution in [0.15, 0.2) is 66.7 Å². The highest BCUT2D eigenvalue weighted by Gasteiger charge is 2.20. The molecule has 4 rings (SSSR count). The molecule has 6 heteroatoms. The first kappa shape index (κ1) is 23.6. The van der Waals surface area contributed by atoms with Gasteiger partial charge in [-0.3, -0.25) is 9.69 Å². The zero-order chi connectivity index (χ0) is 23.4. The van der Waals surface area contributed by atoms with E-state index in [1.807, 2.05) is 60.7 Å². The number of carbonyl (C=O) groups is 1. The molecule has 0 aromatic heterocycles. The molecule has 1 amide bonds. The maximum Gasteiger partial charge on any atom is 0.255 e. The summed E-state index contributed by atoms with van der Waals surface area (Å²) in [6.45, 7) is 8.77. The zero-order valence-corrected chi connectivity index (χ0v) is 20.5. The van der Waals surface area contributed by atoms with Crippen molar-refractivity contribution >= 4 is 40.5 Å². The summed E-state index contributed by atoms with van der Waals surface area (Å²) in [6, 6.07) is 21.5. The fourth-order valence-corrected chi connectivity index (χ4v) is 4.57. The predicted molar refractivity (Wildman–Crippen MR) is 139 cm³/mol. The minimum absolute atomic E-state index is 0.137. The van der Waals surface area contributed by atoms with Gasteiger partial charge in [0.1, 0.15) is 0 Å². The van der Waals surface area contributed by atoms with E-state index in [1.54, 1.807) is 0 Å². The molecule has 4 nitrogen and oxygen atoms in total. The first-order chi connectivity index (χ1) is 15.9. The molecule has 1 aliphatic heterocycles. The number of halogens is 2. The predicted octanol–water partition coefficient (Wildman–Crippen LogP) is 6.69. The third-order valence-electron chi connectivity index (χ3n) is 6.11. The summed E-state index contributed by atoms with van der Waals surface area (Å²) in [6.07, 6.45) is 0. The van der Waals surface area contributed by atoms with E-state index in [0.29, 0.717) is 22.2 Å². The van der Waals surface area contributed by atoms with Crippen LogP contribution in [0.1, 0.15) is 41.3 Å². The number of rotatable bonds is 6. The fraction of sp³-hybridized carbons (Fsp3) is 0.296. The smallest absolute Gasteiger partial charge is 0.255 e. The van der Waals surface area contributed by atoms with E-state index in [0.717, 1.165) is 49.0 Å². The van der Waals surface area contributed by atoms with Crippen molar-refractivity contribution < 1.29 is 4.79 Å². The molecule has 1 aliphatic rings. The topological polar surface area (TPSA) is 35.6 Å². The number of anilines is 2. The number of hydrogen-bond acceptors (Lipinski definition) is 3. The Balaban J connectivity index is 1.35. The Morgan fingerprint density at radius 2 is 1.61 bits per heavy atom. The van der Waals surface area contributed by atoms with Gasteiger partial charge in [-0.2, -0.15) is 0 Å². The van der Waals surface area contributed by atoms with Crippen LogP contribution in [0.25, 0.3) is 0 Å². The second-order valence-corrected chi connectivity index (χ2v) is 9.57. The van der Waals surface area contributed by atoms with Crippen molar-refractivity contribution in [2.45, 2.75) is 26.3 Å². The van der Waals surface area contributed by atoms with Crippen LogP contribution in [-0.4, -0.2) is 37.0 Å². The van der Waals surface area contributed by atoms with Gasteiger partial charge in [-0.15, -0.1) is 0 Å². The maximum atomic E-state index is 12.6. The molecular weight excluding hydrogens is 453 g/mol. The molecule has 1 heterocycles. The molecule has 0 radical (unpaired) electrons. The summed E-state index contributed by atoms with van der Waals surface area (Å²) in [4.78, 5) is 17.3. The highest BCUT2D eigenvalue weighted by molar-refractivity contribution is 6.33. The molecule has 0 bridgehead atoms. The molecule has 0 spiro atoms. The van der Waals surface area contributed by atoms with Gasteiger partial charge in [-0.1, -0.05) is 67.4 Å². The van der Waals surface area contributed by atoms with Crippen LogP contribution >= 0.6 is 23.2 Å². The molecule has 3 aromatic carbocycles. The van der Waals surface area contributed by atoms with Gasteiger partial charge >= 0.3 is 0 Å². The average Bonchev–Trinajstić information content (AvgIpc) is 2.81. The molecule has 3 aromatic rings. The lowest BCUT2D eigenvalue weighted by atomic mass is 10.0. The third-order valence-corrected chi connectivity index (χ3v) is 6.78. The highest BCUT2D eigenvalue weighted by Crippen LogP contribution is 2.30. The summed E-state index contributed by atoms with van der Waals surface area (Å²) < 4.78 is 0. The van der Waals surface area contributed by atoms with Crippen LogP contribution in [0.3, 0.4) is 0 Å². The number of piperazine rings is 1. The normalized spacial score (nSPS) is 14.5. The Hall–Kier alpha value is -2.53. The molecule has 0 aliphatic carbocycles. The van der Waals surface area contributed by atoms with Crippen molar-refractivity contribution in [2.75, 3.05) is 36.4 Å². The molecule has 1 N–H and O–H groups in total. The van der Waals surface area contributed by atoms with Gasteiger partial charge in [-0.25, -0.2) is 0 Å². The van der Waals surface area contributed by atoms with Gasteiger partial charge < -0.3 is 10.2 Å². The second-order valence-electron chi connectivity index (χ2n) is 8.75. The van der Waals surface area contributed by atoms with Crippen molar-refractivity contribution in [3.05, 3.63) is 93.5 Å². The van der Waals surface area contributed by atoms with Crippen molar-refractivity contribution in [1.82, 2.24) is 4.90 Å². The number of benzene rings is 3. The van der Waals surface area contributed by atoms with Crippen LogP contribution in [0, 0.1) is 0 Å². The summed E-state index contributed by atoms with van der Waals surface area (Å²) in [7, 11) is 0. The molecule has 1 fully saturated rings. The van der Waals surface area contributed by atoms with E-state index in [-0.39, 0.29) is 5.91 Å².